The number of nitrogens with zero attached hydrogens (tertiary/aromatic N) is 4. The van der Waals surface area contributed by atoms with Crippen LogP contribution in [0.1, 0.15) is 32.3 Å². The largest absolute Gasteiger partial charge is 0.404 e. The fourth-order valence-corrected chi connectivity index (χ4v) is 3.68. The molecule has 0 unspecified atom stereocenters. The molecule has 2 N–H and O–H groups in total. The highest BCUT2D eigenvalue weighted by molar-refractivity contribution is 6.11. The first-order chi connectivity index (χ1) is 13.8. The maximum atomic E-state index is 12.9. The number of benzene rings is 1. The first kappa shape index (κ1) is 21.0. The zero-order valence-electron chi connectivity index (χ0n) is 17.8. The average Bonchev–Trinajstić information content (AvgIpc) is 3.51. The minimum absolute atomic E-state index is 0.0233. The van der Waals surface area contributed by atoms with Crippen LogP contribution in [-0.2, 0) is 9.59 Å². The van der Waals surface area contributed by atoms with E-state index < -0.39 is 0 Å². The van der Waals surface area contributed by atoms with Gasteiger partial charge in [-0.2, -0.15) is 0 Å². The Morgan fingerprint density at radius 2 is 2.00 bits per heavy atom. The zero-order chi connectivity index (χ0) is 21.1. The van der Waals surface area contributed by atoms with E-state index >= 15 is 0 Å². The van der Waals surface area contributed by atoms with E-state index in [1.165, 1.54) is 6.20 Å². The molecule has 7 heteroatoms. The highest BCUT2D eigenvalue weighted by Crippen LogP contribution is 2.41. The summed E-state index contributed by atoms with van der Waals surface area (Å²) in [5.41, 5.74) is 9.08. The van der Waals surface area contributed by atoms with E-state index in [4.69, 9.17) is 5.73 Å². The van der Waals surface area contributed by atoms with E-state index in [-0.39, 0.29) is 23.8 Å². The topological polar surface area (TPSA) is 82.2 Å². The highest BCUT2D eigenvalue weighted by Gasteiger charge is 2.39. The molecule has 0 saturated heterocycles. The predicted molar refractivity (Wildman–Crippen MR) is 118 cm³/mol. The molecular weight excluding hydrogens is 366 g/mol. The molecule has 1 heterocycles. The molecule has 0 bridgehead atoms. The number of carbonyl (C=O) groups excluding carboxylic acids is 2. The number of fused-ring (bicyclic) bond motifs is 1. The number of carbonyl (C=O) groups is 2. The average molecular weight is 398 g/mol. The second-order valence-electron chi connectivity index (χ2n) is 8.13. The highest BCUT2D eigenvalue weighted by atomic mass is 16.2. The van der Waals surface area contributed by atoms with Gasteiger partial charge in [0, 0.05) is 43.9 Å². The van der Waals surface area contributed by atoms with Crippen LogP contribution < -0.4 is 15.5 Å². The number of hydrogen-bond acceptors (Lipinski definition) is 5. The lowest BCUT2D eigenvalue weighted by molar-refractivity contribution is -0.120. The molecule has 1 aromatic carbocycles. The van der Waals surface area contributed by atoms with Crippen molar-refractivity contribution < 1.29 is 9.59 Å². The van der Waals surface area contributed by atoms with Crippen LogP contribution in [0.15, 0.2) is 29.4 Å². The van der Waals surface area contributed by atoms with Gasteiger partial charge in [0.2, 0.25) is 11.8 Å². The Labute approximate surface area is 172 Å². The lowest BCUT2D eigenvalue weighted by Crippen LogP contribution is -2.51. The second kappa shape index (κ2) is 8.78. The predicted octanol–water partition coefficient (Wildman–Crippen LogP) is 2.12. The van der Waals surface area contributed by atoms with E-state index in [1.807, 2.05) is 44.1 Å². The van der Waals surface area contributed by atoms with Crippen LogP contribution in [0.2, 0.25) is 0 Å². The van der Waals surface area contributed by atoms with Gasteiger partial charge in [0.1, 0.15) is 0 Å². The van der Waals surface area contributed by atoms with Crippen molar-refractivity contribution in [1.82, 2.24) is 4.90 Å². The van der Waals surface area contributed by atoms with Crippen molar-refractivity contribution in [2.45, 2.75) is 32.7 Å². The summed E-state index contributed by atoms with van der Waals surface area (Å²) in [7, 11) is 4.01. The molecule has 1 saturated carbocycles. The third-order valence-corrected chi connectivity index (χ3v) is 5.36. The van der Waals surface area contributed by atoms with Gasteiger partial charge in [-0.25, -0.2) is 0 Å². The Kier molecular flexibility index (Phi) is 6.37. The van der Waals surface area contributed by atoms with Crippen LogP contribution in [0, 0.1) is 5.92 Å². The molecule has 0 aromatic heterocycles. The summed E-state index contributed by atoms with van der Waals surface area (Å²) >= 11 is 0. The number of amides is 2. The first-order valence-electron chi connectivity index (χ1n) is 10.2. The number of allylic oxidation sites excluding steroid dienone is 1. The lowest BCUT2D eigenvalue weighted by Gasteiger charge is -2.41. The Balaban J connectivity index is 1.95. The standard InChI is InChI=1S/C22H31N5O2/c1-15-14-26(22(29)17-5-6-17)21-11-18(7-8-20(21)27(15)16(2)28)19(12-23)13-24-9-10-25(3)4/h7-8,11-13,15,17H,5-6,9-10,14,23H2,1-4H3/t15-/m0/s1. The quantitative estimate of drug-likeness (QED) is 0.746. The van der Waals surface area contributed by atoms with Crippen LogP contribution in [-0.4, -0.2) is 62.7 Å². The van der Waals surface area contributed by atoms with Gasteiger partial charge in [0.05, 0.1) is 24.0 Å². The summed E-state index contributed by atoms with van der Waals surface area (Å²) in [6.07, 6.45) is 5.19. The summed E-state index contributed by atoms with van der Waals surface area (Å²) in [5, 5.41) is 0. The van der Waals surface area contributed by atoms with Crippen molar-refractivity contribution in [3.8, 4) is 0 Å². The van der Waals surface area contributed by atoms with E-state index in [2.05, 4.69) is 9.89 Å². The maximum absolute atomic E-state index is 12.9. The molecule has 1 aromatic rings. The zero-order valence-corrected chi connectivity index (χ0v) is 17.8. The summed E-state index contributed by atoms with van der Waals surface area (Å²) in [6.45, 7) is 5.58. The summed E-state index contributed by atoms with van der Waals surface area (Å²) < 4.78 is 0. The molecule has 29 heavy (non-hydrogen) atoms. The maximum Gasteiger partial charge on any atom is 0.230 e. The van der Waals surface area contributed by atoms with Gasteiger partial charge in [-0.05, 0) is 51.6 Å². The van der Waals surface area contributed by atoms with Crippen molar-refractivity contribution in [2.75, 3.05) is 43.5 Å². The number of rotatable bonds is 6. The van der Waals surface area contributed by atoms with E-state index in [0.29, 0.717) is 13.1 Å². The number of anilines is 2. The fraction of sp³-hybridized carbons (Fsp3) is 0.500. The molecule has 7 nitrogen and oxygen atoms in total. The number of hydrogen-bond donors (Lipinski definition) is 1. The van der Waals surface area contributed by atoms with Gasteiger partial charge < -0.3 is 20.4 Å². The molecule has 156 valence electrons. The van der Waals surface area contributed by atoms with Gasteiger partial charge in [0.15, 0.2) is 0 Å². The minimum atomic E-state index is -0.0642. The fourth-order valence-electron chi connectivity index (χ4n) is 3.68. The van der Waals surface area contributed by atoms with Crippen LogP contribution in [0.25, 0.3) is 5.57 Å². The summed E-state index contributed by atoms with van der Waals surface area (Å²) in [5.74, 6) is 0.237. The lowest BCUT2D eigenvalue weighted by atomic mass is 10.0. The Morgan fingerprint density at radius 3 is 2.59 bits per heavy atom. The van der Waals surface area contributed by atoms with Crippen molar-refractivity contribution in [3.05, 3.63) is 30.0 Å². The minimum Gasteiger partial charge on any atom is -0.404 e. The Hall–Kier alpha value is -2.67. The van der Waals surface area contributed by atoms with Crippen LogP contribution in [0.5, 0.6) is 0 Å². The van der Waals surface area contributed by atoms with E-state index in [1.54, 1.807) is 18.0 Å². The van der Waals surface area contributed by atoms with Gasteiger partial charge in [-0.15, -0.1) is 0 Å². The van der Waals surface area contributed by atoms with Crippen molar-refractivity contribution in [2.24, 2.45) is 16.6 Å². The molecule has 2 amide bonds. The second-order valence-corrected chi connectivity index (χ2v) is 8.13. The molecule has 0 radical (unpaired) electrons. The molecule has 1 aliphatic heterocycles. The number of aliphatic imine (C=N–C) groups is 1. The van der Waals surface area contributed by atoms with Crippen molar-refractivity contribution in [1.29, 1.82) is 0 Å². The van der Waals surface area contributed by atoms with E-state index in [0.717, 1.165) is 41.9 Å². The number of nitrogens with two attached hydrogens (primary N) is 1. The molecule has 2 aliphatic rings. The number of likely N-dealkylation sites (N-methyl/N-ethyl adjacent to an activating group) is 1. The smallest absolute Gasteiger partial charge is 0.230 e. The van der Waals surface area contributed by atoms with Gasteiger partial charge >= 0.3 is 0 Å². The van der Waals surface area contributed by atoms with Crippen molar-refractivity contribution >= 4 is 35.0 Å². The van der Waals surface area contributed by atoms with Crippen LogP contribution in [0.4, 0.5) is 11.4 Å². The van der Waals surface area contributed by atoms with Gasteiger partial charge in [0.25, 0.3) is 0 Å². The molecule has 1 fully saturated rings. The van der Waals surface area contributed by atoms with E-state index in [9.17, 15) is 9.59 Å². The monoisotopic (exact) mass is 397 g/mol. The van der Waals surface area contributed by atoms with Gasteiger partial charge in [-0.3, -0.25) is 14.6 Å². The first-order valence-corrected chi connectivity index (χ1v) is 10.2. The van der Waals surface area contributed by atoms with Crippen molar-refractivity contribution in [3.63, 3.8) is 0 Å². The molecular formula is C22H31N5O2. The Bertz CT molecular complexity index is 842. The summed E-state index contributed by atoms with van der Waals surface area (Å²) in [4.78, 5) is 35.3. The third kappa shape index (κ3) is 4.67. The molecule has 1 atom stereocenters. The van der Waals surface area contributed by atoms with Crippen LogP contribution in [0.3, 0.4) is 0 Å². The molecule has 0 spiro atoms. The van der Waals surface area contributed by atoms with Gasteiger partial charge in [-0.1, -0.05) is 6.07 Å². The normalized spacial score (nSPS) is 19.8. The molecule has 3 rings (SSSR count). The van der Waals surface area contributed by atoms with Crippen LogP contribution >= 0.6 is 0 Å². The summed E-state index contributed by atoms with van der Waals surface area (Å²) in [6, 6.07) is 5.73. The Morgan fingerprint density at radius 1 is 1.28 bits per heavy atom. The SMILES string of the molecule is CC(=O)N1c2ccc(C(C=NCCN(C)C)=CN)cc2N(C(=O)C2CC2)C[C@@H]1C. The molecule has 1 aliphatic carbocycles. The third-order valence-electron chi connectivity index (χ3n) is 5.36.